The van der Waals surface area contributed by atoms with Gasteiger partial charge in [0.15, 0.2) is 30.5 Å². The minimum absolute atomic E-state index is 0.0722. The van der Waals surface area contributed by atoms with Crippen molar-refractivity contribution in [2.75, 3.05) is 39.5 Å². The summed E-state index contributed by atoms with van der Waals surface area (Å²) in [5, 5.41) is 166. The van der Waals surface area contributed by atoms with Crippen LogP contribution in [0.5, 0.6) is 5.75 Å². The number of benzene rings is 2. The second kappa shape index (κ2) is 34.9. The van der Waals surface area contributed by atoms with Crippen molar-refractivity contribution < 1.29 is 128 Å². The molecular weight excluding hydrogens is 1290 g/mol. The molecule has 2 aromatic carbocycles. The number of nitrogens with two attached hydrogens (primary N) is 1. The zero-order chi connectivity index (χ0) is 71.3. The van der Waals surface area contributed by atoms with Crippen LogP contribution in [-0.4, -0.2) is 306 Å². The van der Waals surface area contributed by atoms with Crippen molar-refractivity contribution in [3.8, 4) is 5.75 Å². The monoisotopic (exact) mass is 1380 g/mol. The number of nitrogens with zero attached hydrogens (tertiary/aromatic N) is 1. The van der Waals surface area contributed by atoms with Crippen LogP contribution in [0.15, 0.2) is 54.6 Å². The van der Waals surface area contributed by atoms with Gasteiger partial charge in [0.25, 0.3) is 0 Å². The molecule has 2 aromatic rings. The maximum absolute atomic E-state index is 15.0. The van der Waals surface area contributed by atoms with Gasteiger partial charge < -0.3 is 142 Å². The first-order valence-electron chi connectivity index (χ1n) is 31.3. The number of amides is 4. The van der Waals surface area contributed by atoms with Crippen LogP contribution in [0.4, 0.5) is 0 Å². The van der Waals surface area contributed by atoms with E-state index in [9.17, 15) is 94.8 Å². The van der Waals surface area contributed by atoms with E-state index in [1.807, 2.05) is 13.8 Å². The summed E-state index contributed by atoms with van der Waals surface area (Å²) in [6, 6.07) is 1.71. The third kappa shape index (κ3) is 19.1. The van der Waals surface area contributed by atoms with Crippen molar-refractivity contribution in [1.29, 1.82) is 10.8 Å². The fourth-order valence-corrected chi connectivity index (χ4v) is 11.4. The second-order valence-corrected chi connectivity index (χ2v) is 24.5. The predicted octanol–water partition coefficient (Wildman–Crippen LogP) is -9.81. The molecule has 5 fully saturated rings. The lowest BCUT2D eigenvalue weighted by atomic mass is 9.93. The van der Waals surface area contributed by atoms with Gasteiger partial charge in [0, 0.05) is 38.8 Å². The molecule has 539 valence electrons. The predicted molar refractivity (Wildman–Crippen MR) is 328 cm³/mol. The van der Waals surface area contributed by atoms with Gasteiger partial charge in [-0.05, 0) is 35.6 Å². The van der Waals surface area contributed by atoms with Gasteiger partial charge >= 0.3 is 11.9 Å². The van der Waals surface area contributed by atoms with E-state index in [1.165, 1.54) is 30.6 Å². The first-order chi connectivity index (χ1) is 46.0. The third-order valence-corrected chi connectivity index (χ3v) is 17.2. The van der Waals surface area contributed by atoms with Crippen LogP contribution in [0, 0.1) is 16.7 Å². The molecule has 23 N–H and O–H groups in total. The zero-order valence-corrected chi connectivity index (χ0v) is 53.2. The third-order valence-electron chi connectivity index (χ3n) is 17.2. The number of aliphatic hydroxyl groups is 12. The standard InChI is InChI=1S/C60H88N11O26/c1-24(2)10-15-37(77)96-51-44(81)36(23-91-26(4)76)95-58(49(51)86)97-50-35(22-75)94-57(48(85)46(50)83)92-30-13-11-27(12-14-30)16-31(67-53(88)38(61)25(3)28-8-6-5-7-9-28)52(87)69-39(41(78)32-17-64-59(62)68-32)55(90)70-40(54(89)66-29(19-72)20-73)42(79)33-18-65-60(63)71(33)56-47(84)45(82)43(80)34(21-74)93-56/h5-9,11-14,24-25,29,31-36,38-51,56-58,72,74-75,78-86H,10,15-19,21-23,61H2,1-4H3,(H2,63,65)(H,66,89)(H,67,88)(H,69,87)(H,70,90)(H3,62,64,68)/t25?,29-,31-,32?,33?,34?,35?,36?,38-,39-,40-,41?,42?,43?,44?,45?,46?,47?,48?,49?,50?,51?,56?,57?,58?/m0/s1. The molecule has 25 atom stereocenters. The van der Waals surface area contributed by atoms with Gasteiger partial charge in [0.05, 0.1) is 37.9 Å². The summed E-state index contributed by atoms with van der Waals surface area (Å²) in [5.74, 6) is -8.11. The molecule has 5 heterocycles. The average Bonchev–Trinajstić information content (AvgIpc) is 1.74. The smallest absolute Gasteiger partial charge is 0.306 e. The van der Waals surface area contributed by atoms with Gasteiger partial charge in [-0.3, -0.25) is 44.4 Å². The number of carbonyl (C=O) groups excluding carboxylic acids is 7. The first-order valence-corrected chi connectivity index (χ1v) is 31.3. The summed E-state index contributed by atoms with van der Waals surface area (Å²) in [5.41, 5.74) is 7.38. The molecule has 5 aliphatic rings. The van der Waals surface area contributed by atoms with Crippen molar-refractivity contribution in [2.24, 2.45) is 11.7 Å². The number of guanidine groups is 2. The molecule has 97 heavy (non-hydrogen) atoms. The number of carbonyl (C=O) groups is 6. The number of hydrogen-bond acceptors (Lipinski definition) is 29. The van der Waals surface area contributed by atoms with Gasteiger partial charge in [-0.1, -0.05) is 63.2 Å². The van der Waals surface area contributed by atoms with Crippen molar-refractivity contribution in [2.45, 2.75) is 199 Å². The quantitative estimate of drug-likeness (QED) is 0.0312. The molecular formula is C60H88N11O26. The molecule has 0 aromatic heterocycles. The summed E-state index contributed by atoms with van der Waals surface area (Å²) < 4.78 is 39.5. The van der Waals surface area contributed by atoms with Crippen molar-refractivity contribution in [1.82, 2.24) is 42.1 Å². The Balaban J connectivity index is 1.13. The summed E-state index contributed by atoms with van der Waals surface area (Å²) in [7, 11) is 0. The number of ether oxygens (including phenoxy) is 7. The Hall–Kier alpha value is -7.41. The van der Waals surface area contributed by atoms with E-state index in [-0.39, 0.29) is 36.2 Å². The highest BCUT2D eigenvalue weighted by Crippen LogP contribution is 2.33. The van der Waals surface area contributed by atoms with Crippen LogP contribution in [-0.2, 0) is 68.4 Å². The van der Waals surface area contributed by atoms with E-state index in [1.54, 1.807) is 37.3 Å². The largest absolute Gasteiger partial charge is 0.463 e. The SMILES string of the molecule is CC(=O)OCC1OC(OC2C(CO)OC(Oc3ccc(C[C@H](NC(=O)[C@@H](N)C(C)c4ccccc4)C(=O)N[C@H](C(=O)N[C@H](C(=O)N[C@H]([C]=O)CO)C(O)C4CNC(=N)N4C4OC(CO)C(O)C(O)C4O)C(O)C4CNC(=N)N4)cc3)C(O)C2O)C(O)C(OC(=O)CCC(C)C)C1O. The van der Waals surface area contributed by atoms with Gasteiger partial charge in [-0.2, -0.15) is 0 Å². The average molecular weight is 1380 g/mol. The number of rotatable bonds is 31. The Bertz CT molecular complexity index is 3000. The Morgan fingerprint density at radius 3 is 1.95 bits per heavy atom. The summed E-state index contributed by atoms with van der Waals surface area (Å²) >= 11 is 0. The summed E-state index contributed by atoms with van der Waals surface area (Å²) in [6.07, 6.45) is -30.1. The number of nitrogens with one attached hydrogen (secondary N) is 9. The molecule has 20 unspecified atom stereocenters. The van der Waals surface area contributed by atoms with Crippen LogP contribution in [0.3, 0.4) is 0 Å². The molecule has 37 heteroatoms. The lowest BCUT2D eigenvalue weighted by Gasteiger charge is -2.46. The molecule has 0 aliphatic carbocycles. The molecule has 5 aliphatic heterocycles. The number of esters is 2. The molecule has 37 nitrogen and oxygen atoms in total. The van der Waals surface area contributed by atoms with Crippen LogP contribution in [0.2, 0.25) is 0 Å². The minimum Gasteiger partial charge on any atom is -0.463 e. The van der Waals surface area contributed by atoms with Gasteiger partial charge in [0.1, 0.15) is 116 Å². The van der Waals surface area contributed by atoms with E-state index in [2.05, 4.69) is 37.2 Å². The van der Waals surface area contributed by atoms with E-state index >= 15 is 0 Å². The van der Waals surface area contributed by atoms with E-state index in [4.69, 9.17) is 49.7 Å². The van der Waals surface area contributed by atoms with Gasteiger partial charge in [-0.25, -0.2) is 0 Å². The second-order valence-electron chi connectivity index (χ2n) is 24.5. The molecule has 0 saturated carbocycles. The van der Waals surface area contributed by atoms with E-state index in [0.717, 1.165) is 11.8 Å². The Kier molecular flexibility index (Phi) is 27.7. The fourth-order valence-electron chi connectivity index (χ4n) is 11.4. The van der Waals surface area contributed by atoms with Crippen LogP contribution in [0.1, 0.15) is 57.6 Å². The van der Waals surface area contributed by atoms with Gasteiger partial charge in [0.2, 0.25) is 36.2 Å². The Morgan fingerprint density at radius 2 is 1.34 bits per heavy atom. The van der Waals surface area contributed by atoms with Gasteiger partial charge in [-0.15, -0.1) is 0 Å². The summed E-state index contributed by atoms with van der Waals surface area (Å²) in [6.45, 7) is 2.27. The maximum Gasteiger partial charge on any atom is 0.306 e. The Labute approximate surface area is 555 Å². The molecule has 5 saturated heterocycles. The number of aliphatic hydroxyl groups excluding tert-OH is 12. The highest BCUT2D eigenvalue weighted by Gasteiger charge is 2.55. The lowest BCUT2D eigenvalue weighted by Crippen LogP contribution is -2.69. The minimum atomic E-state index is -2.30. The number of hydrogen-bond donors (Lipinski definition) is 22. The van der Waals surface area contributed by atoms with Crippen LogP contribution in [0.25, 0.3) is 0 Å². The Morgan fingerprint density at radius 1 is 0.701 bits per heavy atom. The summed E-state index contributed by atoms with van der Waals surface area (Å²) in [4.78, 5) is 95.4. The first kappa shape index (κ1) is 76.9. The topological polar surface area (TPSA) is 588 Å². The fraction of sp³-hybridized carbons (Fsp3) is 0.650. The van der Waals surface area contributed by atoms with Crippen LogP contribution < -0.4 is 47.7 Å². The maximum atomic E-state index is 15.0. The lowest BCUT2D eigenvalue weighted by molar-refractivity contribution is -0.353. The normalized spacial score (nSPS) is 31.3. The molecule has 0 spiro atoms. The highest BCUT2D eigenvalue weighted by atomic mass is 16.7. The molecule has 1 radical (unpaired) electrons. The molecule has 4 amide bonds. The van der Waals surface area contributed by atoms with E-state index in [0.29, 0.717) is 12.0 Å². The zero-order valence-electron chi connectivity index (χ0n) is 53.2. The highest BCUT2D eigenvalue weighted by molar-refractivity contribution is 5.96. The van der Waals surface area contributed by atoms with Crippen molar-refractivity contribution >= 4 is 53.8 Å². The van der Waals surface area contributed by atoms with Crippen molar-refractivity contribution in [3.63, 3.8) is 0 Å². The van der Waals surface area contributed by atoms with Crippen LogP contribution >= 0.6 is 0 Å². The molecule has 7 rings (SSSR count). The molecule has 0 bridgehead atoms. The van der Waals surface area contributed by atoms with Crippen molar-refractivity contribution in [3.05, 3.63) is 65.7 Å². The van der Waals surface area contributed by atoms with E-state index < -0.39 is 233 Å².